The van der Waals surface area contributed by atoms with Crippen molar-refractivity contribution in [1.29, 1.82) is 0 Å². The summed E-state index contributed by atoms with van der Waals surface area (Å²) in [5.41, 5.74) is 1.82. The van der Waals surface area contributed by atoms with Gasteiger partial charge in [0.05, 0.1) is 10.7 Å². The maximum Gasteiger partial charge on any atom is 0.412 e. The van der Waals surface area contributed by atoms with Gasteiger partial charge in [0.25, 0.3) is 0 Å². The molecule has 19 heavy (non-hydrogen) atoms. The number of nitrogens with one attached hydrogen (secondary N) is 1. The van der Waals surface area contributed by atoms with E-state index >= 15 is 0 Å². The molecular weight excluding hydrogens is 330 g/mol. The third kappa shape index (κ3) is 5.25. The molecule has 0 atom stereocenters. The molecule has 0 aliphatic carbocycles. The van der Waals surface area contributed by atoms with E-state index in [2.05, 4.69) is 27.8 Å². The Kier molecular flexibility index (Phi) is 5.44. The molecule has 0 fully saturated rings. The second-order valence-corrected chi connectivity index (χ2v) is 6.03. The van der Waals surface area contributed by atoms with E-state index in [9.17, 15) is 4.79 Å². The van der Waals surface area contributed by atoms with Crippen LogP contribution in [0, 0.1) is 0 Å². The van der Waals surface area contributed by atoms with Crippen LogP contribution in [0.2, 0.25) is 5.02 Å². The number of hydrogen-bond acceptors (Lipinski definition) is 2. The highest BCUT2D eigenvalue weighted by molar-refractivity contribution is 9.09. The maximum atomic E-state index is 11.6. The van der Waals surface area contributed by atoms with Crippen molar-refractivity contribution in [3.63, 3.8) is 0 Å². The highest BCUT2D eigenvalue weighted by atomic mass is 79.9. The fourth-order valence-electron chi connectivity index (χ4n) is 1.33. The van der Waals surface area contributed by atoms with Crippen molar-refractivity contribution < 1.29 is 9.53 Å². The van der Waals surface area contributed by atoms with Gasteiger partial charge in [-0.2, -0.15) is 0 Å². The lowest BCUT2D eigenvalue weighted by Crippen LogP contribution is -2.27. The van der Waals surface area contributed by atoms with Crippen molar-refractivity contribution in [1.82, 2.24) is 0 Å². The first-order valence-corrected chi connectivity index (χ1v) is 7.26. The van der Waals surface area contributed by atoms with Gasteiger partial charge >= 0.3 is 6.09 Å². The van der Waals surface area contributed by atoms with Gasteiger partial charge in [0.2, 0.25) is 0 Å². The van der Waals surface area contributed by atoms with Gasteiger partial charge in [-0.3, -0.25) is 5.32 Å². The van der Waals surface area contributed by atoms with E-state index in [0.717, 1.165) is 11.1 Å². The summed E-state index contributed by atoms with van der Waals surface area (Å²) in [6, 6.07) is 5.34. The van der Waals surface area contributed by atoms with Crippen LogP contribution in [0.1, 0.15) is 26.3 Å². The zero-order valence-electron chi connectivity index (χ0n) is 11.2. The van der Waals surface area contributed by atoms with Gasteiger partial charge in [-0.05, 0) is 44.0 Å². The minimum atomic E-state index is -0.541. The summed E-state index contributed by atoms with van der Waals surface area (Å²) >= 11 is 9.45. The number of carbonyl (C=O) groups excluding carboxylic acids is 1. The third-order valence-corrected chi connectivity index (χ3v) is 3.16. The molecule has 0 heterocycles. The normalized spacial score (nSPS) is 11.0. The molecule has 0 radical (unpaired) electrons. The number of halogens is 2. The molecule has 3 nitrogen and oxygen atoms in total. The lowest BCUT2D eigenvalue weighted by molar-refractivity contribution is 0.0636. The Morgan fingerprint density at radius 1 is 1.47 bits per heavy atom. The molecule has 1 rings (SSSR count). The monoisotopic (exact) mass is 345 g/mol. The van der Waals surface area contributed by atoms with Crippen LogP contribution in [0.3, 0.4) is 0 Å². The summed E-state index contributed by atoms with van der Waals surface area (Å²) in [5.74, 6) is 0. The van der Waals surface area contributed by atoms with Crippen molar-refractivity contribution >= 4 is 44.9 Å². The minimum Gasteiger partial charge on any atom is -0.444 e. The van der Waals surface area contributed by atoms with Crippen molar-refractivity contribution in [3.05, 3.63) is 35.4 Å². The Labute approximate surface area is 127 Å². The van der Waals surface area contributed by atoms with Gasteiger partial charge < -0.3 is 4.74 Å². The summed E-state index contributed by atoms with van der Waals surface area (Å²) in [7, 11) is 0. The van der Waals surface area contributed by atoms with Gasteiger partial charge in [0.1, 0.15) is 5.60 Å². The first kappa shape index (κ1) is 16.1. The van der Waals surface area contributed by atoms with E-state index in [1.807, 2.05) is 6.07 Å². The number of benzene rings is 1. The summed E-state index contributed by atoms with van der Waals surface area (Å²) in [5, 5.41) is 3.73. The number of allylic oxidation sites excluding steroid dienone is 1. The van der Waals surface area contributed by atoms with Crippen LogP contribution in [0.4, 0.5) is 10.5 Å². The predicted molar refractivity (Wildman–Crippen MR) is 84.1 cm³/mol. The summed E-state index contributed by atoms with van der Waals surface area (Å²) in [6.45, 7) is 9.31. The van der Waals surface area contributed by atoms with Gasteiger partial charge in [0.15, 0.2) is 0 Å². The average Bonchev–Trinajstić information content (AvgIpc) is 2.28. The van der Waals surface area contributed by atoms with Crippen LogP contribution in [-0.2, 0) is 4.74 Å². The van der Waals surface area contributed by atoms with Crippen molar-refractivity contribution in [2.24, 2.45) is 0 Å². The fraction of sp³-hybridized carbons (Fsp3) is 0.357. The number of amides is 1. The van der Waals surface area contributed by atoms with E-state index in [1.54, 1.807) is 32.9 Å². The van der Waals surface area contributed by atoms with E-state index in [-0.39, 0.29) is 0 Å². The van der Waals surface area contributed by atoms with Crippen LogP contribution in [0.15, 0.2) is 24.8 Å². The molecule has 0 aliphatic rings. The lowest BCUT2D eigenvalue weighted by atomic mass is 10.1. The fourth-order valence-corrected chi connectivity index (χ4v) is 1.88. The Hall–Kier alpha value is -1.00. The Morgan fingerprint density at radius 3 is 2.58 bits per heavy atom. The summed E-state index contributed by atoms with van der Waals surface area (Å²) in [4.78, 5) is 11.6. The second-order valence-electron chi connectivity index (χ2n) is 5.06. The van der Waals surface area contributed by atoms with Gasteiger partial charge in [-0.1, -0.05) is 40.2 Å². The first-order valence-electron chi connectivity index (χ1n) is 5.76. The molecule has 0 bridgehead atoms. The molecular formula is C14H17BrClNO2. The highest BCUT2D eigenvalue weighted by Gasteiger charge is 2.17. The molecule has 1 aromatic rings. The standard InChI is InChI=1S/C14H17BrClNO2/c1-9(8-15)10-5-6-12(11(16)7-10)17-13(18)19-14(2,3)4/h5-7H,1,8H2,2-4H3,(H,17,18). The molecule has 0 unspecified atom stereocenters. The number of hydrogen-bond donors (Lipinski definition) is 1. The molecule has 0 saturated carbocycles. The smallest absolute Gasteiger partial charge is 0.412 e. The zero-order chi connectivity index (χ0) is 14.6. The molecule has 5 heteroatoms. The summed E-state index contributed by atoms with van der Waals surface area (Å²) < 4.78 is 5.16. The molecule has 0 saturated heterocycles. The second kappa shape index (κ2) is 6.44. The van der Waals surface area contributed by atoms with Crippen molar-refractivity contribution in [2.45, 2.75) is 26.4 Å². The van der Waals surface area contributed by atoms with Gasteiger partial charge in [-0.25, -0.2) is 4.79 Å². The number of rotatable bonds is 3. The van der Waals surface area contributed by atoms with Crippen LogP contribution in [-0.4, -0.2) is 17.0 Å². The summed E-state index contributed by atoms with van der Waals surface area (Å²) in [6.07, 6.45) is -0.526. The van der Waals surface area contributed by atoms with E-state index in [1.165, 1.54) is 0 Å². The Bertz CT molecular complexity index is 495. The third-order valence-electron chi connectivity index (χ3n) is 2.17. The molecule has 1 N–H and O–H groups in total. The Morgan fingerprint density at radius 2 is 2.11 bits per heavy atom. The molecule has 1 aromatic carbocycles. The van der Waals surface area contributed by atoms with Crippen molar-refractivity contribution in [2.75, 3.05) is 10.6 Å². The SMILES string of the molecule is C=C(CBr)c1ccc(NC(=O)OC(C)(C)C)c(Cl)c1. The molecule has 1 amide bonds. The highest BCUT2D eigenvalue weighted by Crippen LogP contribution is 2.27. The lowest BCUT2D eigenvalue weighted by Gasteiger charge is -2.20. The predicted octanol–water partition coefficient (Wildman–Crippen LogP) is 5.10. The molecule has 0 aromatic heterocycles. The van der Waals surface area contributed by atoms with Crippen LogP contribution >= 0.6 is 27.5 Å². The zero-order valence-corrected chi connectivity index (χ0v) is 13.6. The number of anilines is 1. The van der Waals surface area contributed by atoms with Crippen LogP contribution in [0.5, 0.6) is 0 Å². The largest absolute Gasteiger partial charge is 0.444 e. The average molecular weight is 347 g/mol. The minimum absolute atomic E-state index is 0.449. The molecule has 104 valence electrons. The number of carbonyl (C=O) groups is 1. The van der Waals surface area contributed by atoms with E-state index in [0.29, 0.717) is 16.0 Å². The first-order chi connectivity index (χ1) is 8.73. The number of ether oxygens (including phenoxy) is 1. The Balaban J connectivity index is 2.81. The van der Waals surface area contributed by atoms with Crippen molar-refractivity contribution in [3.8, 4) is 0 Å². The molecule has 0 spiro atoms. The molecule has 0 aliphatic heterocycles. The topological polar surface area (TPSA) is 38.3 Å². The van der Waals surface area contributed by atoms with Gasteiger partial charge in [0, 0.05) is 5.33 Å². The number of alkyl halides is 1. The van der Waals surface area contributed by atoms with Crippen LogP contribution in [0.25, 0.3) is 5.57 Å². The quantitative estimate of drug-likeness (QED) is 0.774. The van der Waals surface area contributed by atoms with Crippen LogP contribution < -0.4 is 5.32 Å². The maximum absolute atomic E-state index is 11.6. The van der Waals surface area contributed by atoms with Gasteiger partial charge in [-0.15, -0.1) is 0 Å². The van der Waals surface area contributed by atoms with E-state index in [4.69, 9.17) is 16.3 Å². The van der Waals surface area contributed by atoms with E-state index < -0.39 is 11.7 Å².